The van der Waals surface area contributed by atoms with Crippen molar-refractivity contribution >= 4 is 35.8 Å². The van der Waals surface area contributed by atoms with Crippen LogP contribution in [0.1, 0.15) is 41.2 Å². The smallest absolute Gasteiger partial charge is 0.222 e. The van der Waals surface area contributed by atoms with E-state index in [9.17, 15) is 4.79 Å². The van der Waals surface area contributed by atoms with Crippen LogP contribution in [0.15, 0.2) is 53.5 Å². The summed E-state index contributed by atoms with van der Waals surface area (Å²) in [4.78, 5) is 20.8. The van der Waals surface area contributed by atoms with E-state index in [-0.39, 0.29) is 36.0 Å². The van der Waals surface area contributed by atoms with Crippen LogP contribution < -0.4 is 5.32 Å². The van der Waals surface area contributed by atoms with Crippen LogP contribution in [0.3, 0.4) is 0 Å². The topological polar surface area (TPSA) is 57.2 Å². The van der Waals surface area contributed by atoms with E-state index in [4.69, 9.17) is 4.74 Å². The molecule has 2 aliphatic heterocycles. The fourth-order valence-electron chi connectivity index (χ4n) is 4.45. The highest BCUT2D eigenvalue weighted by molar-refractivity contribution is 14.0. The summed E-state index contributed by atoms with van der Waals surface area (Å²) in [5, 5.41) is 3.54. The number of aliphatic imine (C=N–C) groups is 1. The van der Waals surface area contributed by atoms with Gasteiger partial charge in [-0.3, -0.25) is 9.79 Å². The molecule has 0 saturated carbocycles. The first-order chi connectivity index (χ1) is 15.2. The van der Waals surface area contributed by atoms with Crippen LogP contribution in [-0.2, 0) is 22.6 Å². The van der Waals surface area contributed by atoms with Gasteiger partial charge in [-0.15, -0.1) is 24.0 Å². The first kappa shape index (κ1) is 24.5. The van der Waals surface area contributed by atoms with Gasteiger partial charge in [0.2, 0.25) is 5.91 Å². The number of nitrogens with zero attached hydrogens (tertiary/aromatic N) is 3. The third-order valence-corrected chi connectivity index (χ3v) is 6.20. The summed E-state index contributed by atoms with van der Waals surface area (Å²) in [5.74, 6) is 1.14. The van der Waals surface area contributed by atoms with Gasteiger partial charge in [-0.1, -0.05) is 48.5 Å². The second-order valence-corrected chi connectivity index (χ2v) is 8.25. The number of hydrogen-bond acceptors (Lipinski definition) is 3. The quantitative estimate of drug-likeness (QED) is 0.350. The van der Waals surface area contributed by atoms with Crippen LogP contribution in [0, 0.1) is 6.92 Å². The van der Waals surface area contributed by atoms with Gasteiger partial charge in [-0.25, -0.2) is 0 Å². The van der Waals surface area contributed by atoms with Crippen molar-refractivity contribution in [2.45, 2.75) is 39.0 Å². The third-order valence-electron chi connectivity index (χ3n) is 6.20. The molecule has 2 aliphatic rings. The van der Waals surface area contributed by atoms with Gasteiger partial charge < -0.3 is 19.9 Å². The predicted molar refractivity (Wildman–Crippen MR) is 138 cm³/mol. The van der Waals surface area contributed by atoms with E-state index in [1.165, 1.54) is 22.3 Å². The molecule has 1 N–H and O–H groups in total. The van der Waals surface area contributed by atoms with Gasteiger partial charge in [0.1, 0.15) is 6.10 Å². The number of amides is 1. The van der Waals surface area contributed by atoms with Gasteiger partial charge in [0.25, 0.3) is 0 Å². The van der Waals surface area contributed by atoms with Crippen LogP contribution in [0.25, 0.3) is 0 Å². The molecule has 2 fully saturated rings. The van der Waals surface area contributed by atoms with E-state index in [0.29, 0.717) is 26.1 Å². The summed E-state index contributed by atoms with van der Waals surface area (Å²) in [7, 11) is 1.83. The molecule has 7 heteroatoms. The fourth-order valence-corrected chi connectivity index (χ4v) is 4.45. The van der Waals surface area contributed by atoms with Crippen molar-refractivity contribution in [2.24, 2.45) is 4.99 Å². The molecule has 1 unspecified atom stereocenters. The molecule has 0 radical (unpaired) electrons. The number of carbonyl (C=O) groups is 1. The van der Waals surface area contributed by atoms with Crippen molar-refractivity contribution in [3.05, 3.63) is 70.8 Å². The summed E-state index contributed by atoms with van der Waals surface area (Å²) in [6, 6.07) is 16.8. The number of guanidine groups is 1. The standard InChI is InChI=1S/C25H32N4O2.HI/c1-19-8-3-6-11-22(19)23-18-29(14-15-31-23)25(26-2)27-16-20-9-4-5-10-21(20)17-28-13-7-12-24(28)30;/h3-6,8-11,23H,7,12-18H2,1-2H3,(H,26,27);1H. The van der Waals surface area contributed by atoms with Crippen LogP contribution >= 0.6 is 24.0 Å². The summed E-state index contributed by atoms with van der Waals surface area (Å²) in [6.07, 6.45) is 1.68. The van der Waals surface area contributed by atoms with E-state index < -0.39 is 0 Å². The lowest BCUT2D eigenvalue weighted by Gasteiger charge is -2.36. The molecule has 32 heavy (non-hydrogen) atoms. The van der Waals surface area contributed by atoms with Gasteiger partial charge in [-0.2, -0.15) is 0 Å². The molecule has 2 saturated heterocycles. The Bertz CT molecular complexity index is 949. The van der Waals surface area contributed by atoms with Gasteiger partial charge in [0.15, 0.2) is 5.96 Å². The van der Waals surface area contributed by atoms with E-state index in [1.54, 1.807) is 0 Å². The first-order valence-corrected chi connectivity index (χ1v) is 11.1. The Balaban J connectivity index is 0.00000289. The van der Waals surface area contributed by atoms with Crippen molar-refractivity contribution in [1.82, 2.24) is 15.1 Å². The van der Waals surface area contributed by atoms with Crippen molar-refractivity contribution in [2.75, 3.05) is 33.3 Å². The average Bonchev–Trinajstić information content (AvgIpc) is 3.20. The van der Waals surface area contributed by atoms with E-state index in [0.717, 1.165) is 32.0 Å². The number of aryl methyl sites for hydroxylation is 1. The minimum atomic E-state index is 0. The molecule has 6 nitrogen and oxygen atoms in total. The van der Waals surface area contributed by atoms with Crippen molar-refractivity contribution in [1.29, 1.82) is 0 Å². The first-order valence-electron chi connectivity index (χ1n) is 11.1. The van der Waals surface area contributed by atoms with Crippen LogP contribution in [-0.4, -0.2) is 55.0 Å². The highest BCUT2D eigenvalue weighted by Crippen LogP contribution is 2.25. The molecule has 0 spiro atoms. The predicted octanol–water partition coefficient (Wildman–Crippen LogP) is 3.88. The van der Waals surface area contributed by atoms with E-state index in [2.05, 4.69) is 64.6 Å². The highest BCUT2D eigenvalue weighted by Gasteiger charge is 2.25. The second-order valence-electron chi connectivity index (χ2n) is 8.25. The zero-order chi connectivity index (χ0) is 21.6. The Kier molecular flexibility index (Phi) is 8.92. The molecule has 1 atom stereocenters. The van der Waals surface area contributed by atoms with Gasteiger partial charge in [-0.05, 0) is 35.6 Å². The number of carbonyl (C=O) groups excluding carboxylic acids is 1. The molecule has 2 aromatic rings. The number of morpholine rings is 1. The number of ether oxygens (including phenoxy) is 1. The van der Waals surface area contributed by atoms with Gasteiger partial charge >= 0.3 is 0 Å². The lowest BCUT2D eigenvalue weighted by atomic mass is 10.0. The fraction of sp³-hybridized carbons (Fsp3) is 0.440. The summed E-state index contributed by atoms with van der Waals surface area (Å²) in [5.41, 5.74) is 4.89. The zero-order valence-electron chi connectivity index (χ0n) is 18.9. The summed E-state index contributed by atoms with van der Waals surface area (Å²) < 4.78 is 6.07. The number of halogens is 1. The van der Waals surface area contributed by atoms with Crippen LogP contribution in [0.2, 0.25) is 0 Å². The minimum Gasteiger partial charge on any atom is -0.370 e. The molecular formula is C25H33IN4O2. The normalized spacial score (nSPS) is 19.1. The highest BCUT2D eigenvalue weighted by atomic mass is 127. The Morgan fingerprint density at radius 2 is 1.88 bits per heavy atom. The Morgan fingerprint density at radius 1 is 1.12 bits per heavy atom. The molecule has 2 heterocycles. The minimum absolute atomic E-state index is 0. The molecule has 1 amide bonds. The third kappa shape index (κ3) is 5.81. The maximum Gasteiger partial charge on any atom is 0.222 e. The Morgan fingerprint density at radius 3 is 2.59 bits per heavy atom. The maximum absolute atomic E-state index is 12.1. The molecule has 0 bridgehead atoms. The second kappa shape index (κ2) is 11.7. The summed E-state index contributed by atoms with van der Waals surface area (Å²) >= 11 is 0. The maximum atomic E-state index is 12.1. The molecule has 4 rings (SSSR count). The lowest BCUT2D eigenvalue weighted by Crippen LogP contribution is -2.48. The molecule has 0 aliphatic carbocycles. The number of benzene rings is 2. The lowest BCUT2D eigenvalue weighted by molar-refractivity contribution is -0.128. The number of likely N-dealkylation sites (tertiary alicyclic amines) is 1. The van der Waals surface area contributed by atoms with Crippen molar-refractivity contribution in [3.63, 3.8) is 0 Å². The van der Waals surface area contributed by atoms with Crippen LogP contribution in [0.5, 0.6) is 0 Å². The SMILES string of the molecule is CN=C(NCc1ccccc1CN1CCCC1=O)N1CCOC(c2ccccc2C)C1.I. The molecule has 172 valence electrons. The van der Waals surface area contributed by atoms with E-state index >= 15 is 0 Å². The monoisotopic (exact) mass is 548 g/mol. The molecule has 2 aromatic carbocycles. The number of nitrogens with one attached hydrogen (secondary N) is 1. The molecular weight excluding hydrogens is 515 g/mol. The summed E-state index contributed by atoms with van der Waals surface area (Å²) in [6.45, 7) is 6.61. The largest absolute Gasteiger partial charge is 0.370 e. The Labute approximate surface area is 208 Å². The van der Waals surface area contributed by atoms with Gasteiger partial charge in [0.05, 0.1) is 13.2 Å². The number of rotatable bonds is 5. The van der Waals surface area contributed by atoms with Crippen molar-refractivity contribution in [3.8, 4) is 0 Å². The Hall–Kier alpha value is -2.13. The number of hydrogen-bond donors (Lipinski definition) is 1. The van der Waals surface area contributed by atoms with Gasteiger partial charge in [0, 0.05) is 39.6 Å². The zero-order valence-corrected chi connectivity index (χ0v) is 21.2. The van der Waals surface area contributed by atoms with E-state index in [1.807, 2.05) is 18.0 Å². The van der Waals surface area contributed by atoms with Crippen LogP contribution in [0.4, 0.5) is 0 Å². The van der Waals surface area contributed by atoms with Crippen molar-refractivity contribution < 1.29 is 9.53 Å². The molecule has 0 aromatic heterocycles. The average molecular weight is 548 g/mol.